The van der Waals surface area contributed by atoms with Crippen molar-refractivity contribution in [1.29, 1.82) is 5.26 Å². The number of hydrogen-bond acceptors (Lipinski definition) is 6. The molecule has 1 aliphatic rings. The van der Waals surface area contributed by atoms with Crippen LogP contribution in [0.1, 0.15) is 46.5 Å². The van der Waals surface area contributed by atoms with Gasteiger partial charge in [0, 0.05) is 24.0 Å². The Balaban J connectivity index is 1.42. The molecule has 9 heteroatoms. The van der Waals surface area contributed by atoms with E-state index < -0.39 is 0 Å². The number of methoxy groups -OCH3 is 1. The molecule has 0 saturated carbocycles. The van der Waals surface area contributed by atoms with Gasteiger partial charge in [0.05, 0.1) is 31.2 Å². The lowest BCUT2D eigenvalue weighted by Gasteiger charge is -2.27. The summed E-state index contributed by atoms with van der Waals surface area (Å²) in [5.41, 5.74) is 3.33. The SMILES string of the molecule is COc1cccc([C@@H](C)CC(=O)Nc2sc3c(c2C#N)CCN(C(=O)Cn2cnc(C)c2)C3)c1. The summed E-state index contributed by atoms with van der Waals surface area (Å²) < 4.78 is 7.05. The molecule has 0 unspecified atom stereocenters. The summed E-state index contributed by atoms with van der Waals surface area (Å²) in [6, 6.07) is 9.94. The molecular formula is C25H27N5O3S. The number of amides is 2. The Bertz CT molecular complexity index is 1260. The number of ether oxygens (including phenoxy) is 1. The van der Waals surface area contributed by atoms with E-state index in [0.717, 1.165) is 27.4 Å². The van der Waals surface area contributed by atoms with Gasteiger partial charge in [-0.2, -0.15) is 5.26 Å². The van der Waals surface area contributed by atoms with Crippen molar-refractivity contribution in [3.8, 4) is 11.8 Å². The molecule has 0 bridgehead atoms. The highest BCUT2D eigenvalue weighted by Crippen LogP contribution is 2.37. The molecule has 3 aromatic rings. The maximum atomic E-state index is 12.8. The van der Waals surface area contributed by atoms with Gasteiger partial charge in [-0.25, -0.2) is 4.98 Å². The van der Waals surface area contributed by atoms with Crippen molar-refractivity contribution in [2.75, 3.05) is 19.0 Å². The van der Waals surface area contributed by atoms with E-state index in [1.165, 1.54) is 11.3 Å². The van der Waals surface area contributed by atoms with Crippen LogP contribution in [0, 0.1) is 18.3 Å². The van der Waals surface area contributed by atoms with Gasteiger partial charge in [-0.05, 0) is 42.5 Å². The molecule has 34 heavy (non-hydrogen) atoms. The van der Waals surface area contributed by atoms with Crippen LogP contribution in [0.4, 0.5) is 5.00 Å². The molecule has 176 valence electrons. The fourth-order valence-electron chi connectivity index (χ4n) is 4.16. The average Bonchev–Trinajstić information content (AvgIpc) is 3.40. The van der Waals surface area contributed by atoms with Gasteiger partial charge in [0.1, 0.15) is 23.4 Å². The Labute approximate surface area is 202 Å². The minimum Gasteiger partial charge on any atom is -0.497 e. The van der Waals surface area contributed by atoms with E-state index >= 15 is 0 Å². The molecule has 1 aromatic carbocycles. The average molecular weight is 478 g/mol. The highest BCUT2D eigenvalue weighted by atomic mass is 32.1. The van der Waals surface area contributed by atoms with Gasteiger partial charge in [-0.15, -0.1) is 11.3 Å². The first-order chi connectivity index (χ1) is 16.4. The summed E-state index contributed by atoms with van der Waals surface area (Å²) in [6.07, 6.45) is 4.38. The van der Waals surface area contributed by atoms with E-state index in [9.17, 15) is 14.9 Å². The number of imidazole rings is 1. The quantitative estimate of drug-likeness (QED) is 0.557. The van der Waals surface area contributed by atoms with Crippen LogP contribution in [0.5, 0.6) is 5.75 Å². The number of aromatic nitrogens is 2. The summed E-state index contributed by atoms with van der Waals surface area (Å²) in [4.78, 5) is 32.5. The minimum atomic E-state index is -0.145. The molecule has 1 atom stereocenters. The topological polar surface area (TPSA) is 100 Å². The summed E-state index contributed by atoms with van der Waals surface area (Å²) >= 11 is 1.39. The number of thiophene rings is 1. The van der Waals surface area contributed by atoms with Crippen LogP contribution < -0.4 is 10.1 Å². The normalized spacial score (nSPS) is 13.6. The molecule has 2 amide bonds. The van der Waals surface area contributed by atoms with Gasteiger partial charge in [0.25, 0.3) is 0 Å². The van der Waals surface area contributed by atoms with Gasteiger partial charge in [0.15, 0.2) is 0 Å². The Morgan fingerprint density at radius 1 is 1.38 bits per heavy atom. The molecule has 0 fully saturated rings. The number of carbonyl (C=O) groups is 2. The number of benzene rings is 1. The second kappa shape index (κ2) is 10.1. The first-order valence-electron chi connectivity index (χ1n) is 11.1. The van der Waals surface area contributed by atoms with Crippen molar-refractivity contribution in [2.45, 2.75) is 45.7 Å². The van der Waals surface area contributed by atoms with Gasteiger partial charge in [0.2, 0.25) is 11.8 Å². The zero-order chi connectivity index (χ0) is 24.2. The lowest BCUT2D eigenvalue weighted by atomic mass is 9.97. The van der Waals surface area contributed by atoms with Crippen molar-refractivity contribution in [2.24, 2.45) is 0 Å². The molecule has 1 aliphatic heterocycles. The molecule has 0 aliphatic carbocycles. The van der Waals surface area contributed by atoms with E-state index in [1.54, 1.807) is 22.9 Å². The first-order valence-corrected chi connectivity index (χ1v) is 11.9. The number of nitriles is 1. The monoisotopic (exact) mass is 477 g/mol. The van der Waals surface area contributed by atoms with E-state index in [0.29, 0.717) is 30.1 Å². The molecule has 0 saturated heterocycles. The molecule has 1 N–H and O–H groups in total. The van der Waals surface area contributed by atoms with Crippen LogP contribution in [0.2, 0.25) is 0 Å². The number of anilines is 1. The zero-order valence-electron chi connectivity index (χ0n) is 19.5. The molecule has 4 rings (SSSR count). The Hall–Kier alpha value is -3.64. The van der Waals surface area contributed by atoms with Gasteiger partial charge >= 0.3 is 0 Å². The predicted octanol–water partition coefficient (Wildman–Crippen LogP) is 3.85. The molecule has 0 spiro atoms. The third-order valence-electron chi connectivity index (χ3n) is 6.01. The maximum Gasteiger partial charge on any atom is 0.242 e. The predicted molar refractivity (Wildman–Crippen MR) is 130 cm³/mol. The summed E-state index contributed by atoms with van der Waals surface area (Å²) in [7, 11) is 1.62. The van der Waals surface area contributed by atoms with Crippen LogP contribution in [0.15, 0.2) is 36.8 Å². The standard InChI is InChI=1S/C25H27N5O3S/c1-16(18-5-4-6-19(10-18)33-3)9-23(31)28-25-21(11-26)20-7-8-30(13-22(20)34-25)24(32)14-29-12-17(2)27-15-29/h4-6,10,12,15-16H,7-9,13-14H2,1-3H3,(H,28,31)/t16-/m0/s1. The fourth-order valence-corrected chi connectivity index (χ4v) is 5.39. The molecule has 0 radical (unpaired) electrons. The second-order valence-electron chi connectivity index (χ2n) is 8.50. The molecular weight excluding hydrogens is 450 g/mol. The van der Waals surface area contributed by atoms with Crippen LogP contribution in [-0.2, 0) is 29.1 Å². The van der Waals surface area contributed by atoms with Gasteiger partial charge in [-0.1, -0.05) is 19.1 Å². The number of fused-ring (bicyclic) bond motifs is 1. The van der Waals surface area contributed by atoms with Crippen LogP contribution in [0.25, 0.3) is 0 Å². The Morgan fingerprint density at radius 2 is 2.21 bits per heavy atom. The fraction of sp³-hybridized carbons (Fsp3) is 0.360. The second-order valence-corrected chi connectivity index (χ2v) is 9.61. The van der Waals surface area contributed by atoms with Gasteiger partial charge in [-0.3, -0.25) is 9.59 Å². The number of hydrogen-bond donors (Lipinski definition) is 1. The van der Waals surface area contributed by atoms with Crippen molar-refractivity contribution in [3.63, 3.8) is 0 Å². The first kappa shape index (κ1) is 23.5. The van der Waals surface area contributed by atoms with Crippen LogP contribution in [-0.4, -0.2) is 39.9 Å². The highest BCUT2D eigenvalue weighted by molar-refractivity contribution is 7.16. The third-order valence-corrected chi connectivity index (χ3v) is 7.14. The van der Waals surface area contributed by atoms with Crippen molar-refractivity contribution < 1.29 is 14.3 Å². The van der Waals surface area contributed by atoms with E-state index in [4.69, 9.17) is 4.74 Å². The number of carbonyl (C=O) groups excluding carboxylic acids is 2. The Morgan fingerprint density at radius 3 is 2.91 bits per heavy atom. The van der Waals surface area contributed by atoms with E-state index in [-0.39, 0.29) is 30.7 Å². The third kappa shape index (κ3) is 5.13. The molecule has 3 heterocycles. The molecule has 8 nitrogen and oxygen atoms in total. The highest BCUT2D eigenvalue weighted by Gasteiger charge is 2.28. The van der Waals surface area contributed by atoms with Crippen molar-refractivity contribution >= 4 is 28.2 Å². The lowest BCUT2D eigenvalue weighted by Crippen LogP contribution is -2.37. The minimum absolute atomic E-state index is 0.00449. The van der Waals surface area contributed by atoms with E-state index in [2.05, 4.69) is 16.4 Å². The zero-order valence-corrected chi connectivity index (χ0v) is 20.3. The van der Waals surface area contributed by atoms with Crippen molar-refractivity contribution in [3.05, 3.63) is 64.1 Å². The smallest absolute Gasteiger partial charge is 0.242 e. The number of rotatable bonds is 7. The number of aryl methyl sites for hydroxylation is 1. The largest absolute Gasteiger partial charge is 0.497 e. The summed E-state index contributed by atoms with van der Waals surface area (Å²) in [5, 5.41) is 13.3. The van der Waals surface area contributed by atoms with Crippen LogP contribution >= 0.6 is 11.3 Å². The number of nitrogens with zero attached hydrogens (tertiary/aromatic N) is 4. The summed E-state index contributed by atoms with van der Waals surface area (Å²) in [5.74, 6) is 0.612. The van der Waals surface area contributed by atoms with E-state index in [1.807, 2.05) is 44.3 Å². The number of nitrogens with one attached hydrogen (secondary N) is 1. The summed E-state index contributed by atoms with van der Waals surface area (Å²) in [6.45, 7) is 5.10. The Kier molecular flexibility index (Phi) is 6.98. The van der Waals surface area contributed by atoms with Crippen LogP contribution in [0.3, 0.4) is 0 Å². The lowest BCUT2D eigenvalue weighted by molar-refractivity contribution is -0.132. The van der Waals surface area contributed by atoms with Crippen molar-refractivity contribution in [1.82, 2.24) is 14.5 Å². The van der Waals surface area contributed by atoms with Gasteiger partial charge < -0.3 is 19.5 Å². The maximum absolute atomic E-state index is 12.8. The molecule has 2 aromatic heterocycles.